The predicted octanol–water partition coefficient (Wildman–Crippen LogP) is -0.517. The molecule has 9 heteroatoms. The average Bonchev–Trinajstić information content (AvgIpc) is 2.55. The van der Waals surface area contributed by atoms with Crippen molar-refractivity contribution in [3.63, 3.8) is 0 Å². The van der Waals surface area contributed by atoms with Crippen LogP contribution in [0, 0.1) is 11.7 Å². The molecule has 132 valence electrons. The highest BCUT2D eigenvalue weighted by Gasteiger charge is 2.33. The van der Waals surface area contributed by atoms with Gasteiger partial charge in [-0.25, -0.2) is 12.8 Å². The Morgan fingerprint density at radius 1 is 1.29 bits per heavy atom. The van der Waals surface area contributed by atoms with Crippen molar-refractivity contribution < 1.29 is 27.5 Å². The number of carboxylic acids is 1. The molecule has 0 radical (unpaired) electrons. The lowest BCUT2D eigenvalue weighted by atomic mass is 9.99. The minimum atomic E-state index is -3.80. The fourth-order valence-electron chi connectivity index (χ4n) is 2.56. The van der Waals surface area contributed by atoms with Gasteiger partial charge in [0.2, 0.25) is 15.9 Å². The molecule has 0 unspecified atom stereocenters. The number of benzene rings is 1. The highest BCUT2D eigenvalue weighted by molar-refractivity contribution is 7.89. The molecule has 2 rings (SSSR count). The summed E-state index contributed by atoms with van der Waals surface area (Å²) in [6.45, 7) is 0.238. The van der Waals surface area contributed by atoms with Crippen LogP contribution in [0.5, 0.6) is 0 Å². The van der Waals surface area contributed by atoms with Gasteiger partial charge in [-0.2, -0.15) is 4.31 Å². The molecule has 0 bridgehead atoms. The van der Waals surface area contributed by atoms with Crippen LogP contribution in [0.2, 0.25) is 0 Å². The highest BCUT2D eigenvalue weighted by atomic mass is 32.2. The normalized spacial score (nSPS) is 19.0. The van der Waals surface area contributed by atoms with Crippen molar-refractivity contribution in [3.8, 4) is 0 Å². The van der Waals surface area contributed by atoms with E-state index in [4.69, 9.17) is 0 Å². The van der Waals surface area contributed by atoms with Crippen molar-refractivity contribution in [1.82, 2.24) is 9.62 Å². The molecule has 1 amide bonds. The van der Waals surface area contributed by atoms with E-state index in [1.807, 2.05) is 0 Å². The van der Waals surface area contributed by atoms with Gasteiger partial charge in [0.1, 0.15) is 5.82 Å². The van der Waals surface area contributed by atoms with Crippen LogP contribution in [0.1, 0.15) is 19.3 Å². The van der Waals surface area contributed by atoms with Crippen LogP contribution in [0.25, 0.3) is 0 Å². The lowest BCUT2D eigenvalue weighted by Crippen LogP contribution is -2.45. The largest absolute Gasteiger partial charge is 0.550 e. The first-order chi connectivity index (χ1) is 11.3. The molecule has 1 fully saturated rings. The minimum absolute atomic E-state index is 0.0108. The zero-order valence-corrected chi connectivity index (χ0v) is 13.7. The summed E-state index contributed by atoms with van der Waals surface area (Å²) in [6.07, 6.45) is 0.738. The monoisotopic (exact) mass is 357 g/mol. The Balaban J connectivity index is 2.02. The molecule has 1 heterocycles. The van der Waals surface area contributed by atoms with E-state index in [2.05, 4.69) is 5.32 Å². The van der Waals surface area contributed by atoms with E-state index >= 15 is 0 Å². The summed E-state index contributed by atoms with van der Waals surface area (Å²) in [5.74, 6) is -2.72. The van der Waals surface area contributed by atoms with Crippen LogP contribution in [-0.4, -0.2) is 44.2 Å². The third-order valence-electron chi connectivity index (χ3n) is 3.83. The number of nitrogens with zero attached hydrogens (tertiary/aromatic N) is 1. The fourth-order valence-corrected chi connectivity index (χ4v) is 4.09. The number of halogens is 1. The number of carbonyl (C=O) groups is 2. The van der Waals surface area contributed by atoms with Gasteiger partial charge in [-0.3, -0.25) is 4.79 Å². The van der Waals surface area contributed by atoms with Crippen LogP contribution < -0.4 is 10.4 Å². The number of hydrogen-bond acceptors (Lipinski definition) is 5. The van der Waals surface area contributed by atoms with Gasteiger partial charge in [0.05, 0.1) is 10.8 Å². The second-order valence-corrected chi connectivity index (χ2v) is 7.51. The van der Waals surface area contributed by atoms with Gasteiger partial charge in [0, 0.05) is 32.0 Å². The number of amides is 1. The van der Waals surface area contributed by atoms with Crippen LogP contribution in [0.15, 0.2) is 29.2 Å². The molecular weight excluding hydrogens is 339 g/mol. The van der Waals surface area contributed by atoms with Crippen molar-refractivity contribution in [3.05, 3.63) is 30.1 Å². The Bertz CT molecular complexity index is 705. The Kier molecular flexibility index (Phi) is 5.89. The number of aliphatic carboxylic acids is 1. The summed E-state index contributed by atoms with van der Waals surface area (Å²) in [5.41, 5.74) is 0. The van der Waals surface area contributed by atoms with Gasteiger partial charge in [-0.05, 0) is 37.1 Å². The van der Waals surface area contributed by atoms with E-state index in [0.717, 1.165) is 12.1 Å². The van der Waals surface area contributed by atoms with Crippen molar-refractivity contribution >= 4 is 21.9 Å². The molecule has 7 nitrogen and oxygen atoms in total. The maximum absolute atomic E-state index is 13.0. The SMILES string of the molecule is O=C([O-])CCNC(=O)[C@H]1CCCN(S(=O)(=O)c2ccc(F)cc2)C1. The average molecular weight is 357 g/mol. The zero-order valence-electron chi connectivity index (χ0n) is 12.9. The minimum Gasteiger partial charge on any atom is -0.550 e. The molecule has 0 saturated carbocycles. The van der Waals surface area contributed by atoms with E-state index in [-0.39, 0.29) is 36.9 Å². The molecule has 1 N–H and O–H groups in total. The summed E-state index contributed by atoms with van der Waals surface area (Å²) < 4.78 is 39.3. The number of piperidine rings is 1. The summed E-state index contributed by atoms with van der Waals surface area (Å²) in [6, 6.07) is 4.52. The number of rotatable bonds is 6. The van der Waals surface area contributed by atoms with Gasteiger partial charge in [-0.1, -0.05) is 0 Å². The van der Waals surface area contributed by atoms with Gasteiger partial charge in [0.25, 0.3) is 0 Å². The number of sulfonamides is 1. The Morgan fingerprint density at radius 2 is 1.96 bits per heavy atom. The molecule has 1 atom stereocenters. The quantitative estimate of drug-likeness (QED) is 0.737. The second kappa shape index (κ2) is 7.71. The first-order valence-electron chi connectivity index (χ1n) is 7.54. The number of carbonyl (C=O) groups excluding carboxylic acids is 2. The number of hydrogen-bond donors (Lipinski definition) is 1. The summed E-state index contributed by atoms with van der Waals surface area (Å²) >= 11 is 0. The van der Waals surface area contributed by atoms with Gasteiger partial charge >= 0.3 is 0 Å². The zero-order chi connectivity index (χ0) is 17.7. The first kappa shape index (κ1) is 18.3. The predicted molar refractivity (Wildman–Crippen MR) is 80.5 cm³/mol. The molecule has 1 aliphatic rings. The summed E-state index contributed by atoms with van der Waals surface area (Å²) in [5, 5.41) is 12.8. The van der Waals surface area contributed by atoms with Crippen molar-refractivity contribution in [1.29, 1.82) is 0 Å². The third-order valence-corrected chi connectivity index (χ3v) is 5.71. The lowest BCUT2D eigenvalue weighted by molar-refractivity contribution is -0.305. The Morgan fingerprint density at radius 3 is 2.58 bits per heavy atom. The van der Waals surface area contributed by atoms with E-state index in [9.17, 15) is 27.5 Å². The molecule has 1 aromatic rings. The van der Waals surface area contributed by atoms with Crippen LogP contribution in [-0.2, 0) is 19.6 Å². The molecule has 1 aliphatic heterocycles. The maximum atomic E-state index is 13.0. The molecule has 1 saturated heterocycles. The molecule has 24 heavy (non-hydrogen) atoms. The molecular formula is C15H18FN2O5S-. The lowest BCUT2D eigenvalue weighted by Gasteiger charge is -2.31. The van der Waals surface area contributed by atoms with Crippen LogP contribution in [0.4, 0.5) is 4.39 Å². The standard InChI is InChI=1S/C15H19FN2O5S/c16-12-3-5-13(6-4-12)24(22,23)18-9-1-2-11(10-18)15(21)17-8-7-14(19)20/h3-6,11H,1-2,7-10H2,(H,17,21)(H,19,20)/p-1/t11-/m0/s1. The number of carboxylic acid groups (broad SMARTS) is 1. The van der Waals surface area contributed by atoms with Gasteiger partial charge in [0.15, 0.2) is 0 Å². The van der Waals surface area contributed by atoms with E-state index in [0.29, 0.717) is 12.8 Å². The van der Waals surface area contributed by atoms with E-state index < -0.39 is 27.7 Å². The molecule has 1 aromatic carbocycles. The van der Waals surface area contributed by atoms with Crippen molar-refractivity contribution in [2.75, 3.05) is 19.6 Å². The summed E-state index contributed by atoms with van der Waals surface area (Å²) in [7, 11) is -3.80. The maximum Gasteiger partial charge on any atom is 0.243 e. The van der Waals surface area contributed by atoms with Crippen LogP contribution >= 0.6 is 0 Å². The second-order valence-electron chi connectivity index (χ2n) is 5.57. The summed E-state index contributed by atoms with van der Waals surface area (Å²) in [4.78, 5) is 22.4. The highest BCUT2D eigenvalue weighted by Crippen LogP contribution is 2.24. The van der Waals surface area contributed by atoms with Gasteiger partial charge < -0.3 is 15.2 Å². The Hall–Kier alpha value is -2.00. The number of nitrogens with one attached hydrogen (secondary N) is 1. The van der Waals surface area contributed by atoms with Crippen molar-refractivity contribution in [2.24, 2.45) is 5.92 Å². The molecule has 0 spiro atoms. The van der Waals surface area contributed by atoms with Gasteiger partial charge in [-0.15, -0.1) is 0 Å². The third kappa shape index (κ3) is 4.51. The smallest absolute Gasteiger partial charge is 0.243 e. The molecule has 0 aliphatic carbocycles. The molecule has 0 aromatic heterocycles. The van der Waals surface area contributed by atoms with E-state index in [1.54, 1.807) is 0 Å². The van der Waals surface area contributed by atoms with E-state index in [1.165, 1.54) is 16.4 Å². The fraction of sp³-hybridized carbons (Fsp3) is 0.467. The topological polar surface area (TPSA) is 107 Å². The first-order valence-corrected chi connectivity index (χ1v) is 8.98. The Labute approximate surface area is 139 Å². The van der Waals surface area contributed by atoms with Crippen molar-refractivity contribution in [2.45, 2.75) is 24.2 Å². The van der Waals surface area contributed by atoms with Crippen LogP contribution in [0.3, 0.4) is 0 Å².